The molecule has 1 N–H and O–H groups in total. The Morgan fingerprint density at radius 1 is 1.28 bits per heavy atom. The summed E-state index contributed by atoms with van der Waals surface area (Å²) < 4.78 is 6.28. The molecule has 154 valence electrons. The number of piperidine rings is 1. The van der Waals surface area contributed by atoms with Crippen LogP contribution in [0.1, 0.15) is 50.5 Å². The van der Waals surface area contributed by atoms with E-state index >= 15 is 0 Å². The van der Waals surface area contributed by atoms with Crippen LogP contribution < -0.4 is 10.2 Å². The summed E-state index contributed by atoms with van der Waals surface area (Å²) in [6, 6.07) is 2.38. The van der Waals surface area contributed by atoms with Gasteiger partial charge in [-0.3, -0.25) is 0 Å². The number of nitrogens with zero attached hydrogens (tertiary/aromatic N) is 7. The summed E-state index contributed by atoms with van der Waals surface area (Å²) in [7, 11) is 0. The third-order valence-corrected chi connectivity index (χ3v) is 7.25. The van der Waals surface area contributed by atoms with E-state index in [9.17, 15) is 0 Å². The molecule has 0 radical (unpaired) electrons. The first kappa shape index (κ1) is 18.7. The van der Waals surface area contributed by atoms with Gasteiger partial charge in [0.1, 0.15) is 11.6 Å². The highest BCUT2D eigenvalue weighted by Crippen LogP contribution is 2.48. The highest BCUT2D eigenvalue weighted by atomic mass is 32.1. The molecule has 0 spiro atoms. The largest absolute Gasteiger partial charge is 0.349 e. The molecule has 8 nitrogen and oxygen atoms in total. The quantitative estimate of drug-likeness (QED) is 0.688. The van der Waals surface area contributed by atoms with Crippen LogP contribution in [0.3, 0.4) is 0 Å². The minimum absolute atomic E-state index is 0.167. The molecular weight excluding hydrogens is 384 g/mol. The van der Waals surface area contributed by atoms with E-state index in [0.717, 1.165) is 60.0 Å². The summed E-state index contributed by atoms with van der Waals surface area (Å²) in [4.78, 5) is 16.5. The zero-order valence-corrected chi connectivity index (χ0v) is 18.3. The van der Waals surface area contributed by atoms with Crippen LogP contribution in [-0.4, -0.2) is 48.1 Å². The van der Waals surface area contributed by atoms with Crippen molar-refractivity contribution in [2.75, 3.05) is 23.3 Å². The molecule has 0 aromatic carbocycles. The first-order chi connectivity index (χ1) is 13.9. The van der Waals surface area contributed by atoms with Gasteiger partial charge in [0.05, 0.1) is 0 Å². The highest BCUT2D eigenvalue weighted by molar-refractivity contribution is 7.09. The fraction of sp³-hybridized carbons (Fsp3) is 0.650. The smallest absolute Gasteiger partial charge is 0.243 e. The first-order valence-corrected chi connectivity index (χ1v) is 11.3. The van der Waals surface area contributed by atoms with Crippen molar-refractivity contribution in [1.29, 1.82) is 0 Å². The van der Waals surface area contributed by atoms with Gasteiger partial charge in [0.25, 0.3) is 0 Å². The van der Waals surface area contributed by atoms with E-state index < -0.39 is 0 Å². The average Bonchev–Trinajstić information content (AvgIpc) is 3.32. The number of hydrogen-bond donors (Lipinski definition) is 1. The summed E-state index contributed by atoms with van der Waals surface area (Å²) in [5, 5.41) is 9.53. The molecular formula is C20H28N8S. The lowest BCUT2D eigenvalue weighted by atomic mass is 9.79. The van der Waals surface area contributed by atoms with Gasteiger partial charge in [-0.25, -0.2) is 9.97 Å². The molecule has 3 atom stereocenters. The van der Waals surface area contributed by atoms with Gasteiger partial charge in [-0.1, -0.05) is 13.8 Å². The normalized spacial score (nSPS) is 26.4. The molecule has 2 fully saturated rings. The maximum atomic E-state index is 4.79. The van der Waals surface area contributed by atoms with Crippen molar-refractivity contribution in [2.24, 2.45) is 11.3 Å². The monoisotopic (exact) mass is 412 g/mol. The Kier molecular flexibility index (Phi) is 4.45. The van der Waals surface area contributed by atoms with Crippen LogP contribution in [0.25, 0.3) is 5.65 Å². The van der Waals surface area contributed by atoms with Crippen molar-refractivity contribution < 1.29 is 0 Å². The Bertz CT molecular complexity index is 1040. The van der Waals surface area contributed by atoms with E-state index in [1.807, 2.05) is 24.4 Å². The van der Waals surface area contributed by atoms with Crippen molar-refractivity contribution in [2.45, 2.75) is 59.4 Å². The van der Waals surface area contributed by atoms with E-state index in [1.165, 1.54) is 24.4 Å². The number of anilines is 2. The molecule has 9 heteroatoms. The second kappa shape index (κ2) is 6.90. The van der Waals surface area contributed by atoms with Crippen LogP contribution >= 0.6 is 11.5 Å². The fourth-order valence-electron chi connectivity index (χ4n) is 5.08. The molecule has 1 saturated carbocycles. The number of aryl methyl sites for hydroxylation is 3. The van der Waals surface area contributed by atoms with Crippen LogP contribution in [0, 0.1) is 25.2 Å². The second-order valence-corrected chi connectivity index (χ2v) is 9.58. The molecule has 3 aromatic rings. The van der Waals surface area contributed by atoms with Gasteiger partial charge in [-0.15, -0.1) is 5.10 Å². The standard InChI is InChI=1S/C20H28N8S/c1-5-6-15-21-12(2)9-16-23-18(25-28(15)16)24-17-14-7-8-20(17,4)11-27(10-14)19-22-13(3)26-29-19/h9,14,17H,5-8,10-11H2,1-4H3,(H,24,25)/t14-,17?,20?/m0/s1. The lowest BCUT2D eigenvalue weighted by molar-refractivity contribution is 0.253. The van der Waals surface area contributed by atoms with Crippen LogP contribution in [0.15, 0.2) is 6.07 Å². The summed E-state index contributed by atoms with van der Waals surface area (Å²) >= 11 is 1.51. The molecule has 0 amide bonds. The number of nitrogens with one attached hydrogen (secondary N) is 1. The molecule has 2 unspecified atom stereocenters. The zero-order valence-electron chi connectivity index (χ0n) is 17.5. The molecule has 1 aliphatic carbocycles. The summed E-state index contributed by atoms with van der Waals surface area (Å²) in [5.41, 5.74) is 2.04. The lowest BCUT2D eigenvalue weighted by Gasteiger charge is -2.44. The molecule has 4 heterocycles. The van der Waals surface area contributed by atoms with Crippen molar-refractivity contribution in [3.05, 3.63) is 23.4 Å². The molecule has 1 aliphatic heterocycles. The Morgan fingerprint density at radius 2 is 2.14 bits per heavy atom. The lowest BCUT2D eigenvalue weighted by Crippen LogP contribution is -2.53. The third kappa shape index (κ3) is 3.25. The maximum absolute atomic E-state index is 4.79. The number of aromatic nitrogens is 6. The topological polar surface area (TPSA) is 84.1 Å². The summed E-state index contributed by atoms with van der Waals surface area (Å²) in [6.07, 6.45) is 4.37. The Hall–Kier alpha value is -2.29. The fourth-order valence-corrected chi connectivity index (χ4v) is 5.76. The number of rotatable bonds is 5. The summed E-state index contributed by atoms with van der Waals surface area (Å²) in [6.45, 7) is 10.5. The van der Waals surface area contributed by atoms with Gasteiger partial charge >= 0.3 is 0 Å². The second-order valence-electron chi connectivity index (χ2n) is 8.85. The van der Waals surface area contributed by atoms with Crippen molar-refractivity contribution in [3.63, 3.8) is 0 Å². The van der Waals surface area contributed by atoms with E-state index in [1.54, 1.807) is 0 Å². The minimum atomic E-state index is 0.167. The SMILES string of the molecule is CCCc1nc(C)cc2nc(NC3[C@H]4CCC3(C)CN(c3nc(C)ns3)C4)nn12. The van der Waals surface area contributed by atoms with E-state index in [2.05, 4.69) is 38.4 Å². The van der Waals surface area contributed by atoms with Crippen molar-refractivity contribution in [1.82, 2.24) is 28.9 Å². The van der Waals surface area contributed by atoms with Crippen molar-refractivity contribution >= 4 is 28.3 Å². The Morgan fingerprint density at radius 3 is 2.86 bits per heavy atom. The predicted molar refractivity (Wildman–Crippen MR) is 115 cm³/mol. The van der Waals surface area contributed by atoms with E-state index in [0.29, 0.717) is 12.0 Å². The van der Waals surface area contributed by atoms with Gasteiger partial charge < -0.3 is 10.2 Å². The van der Waals surface area contributed by atoms with E-state index in [-0.39, 0.29) is 5.41 Å². The third-order valence-electron chi connectivity index (χ3n) is 6.38. The molecule has 3 aromatic heterocycles. The molecule has 1 saturated heterocycles. The van der Waals surface area contributed by atoms with Crippen LogP contribution in [-0.2, 0) is 6.42 Å². The Labute approximate surface area is 174 Å². The Balaban J connectivity index is 1.40. The molecule has 29 heavy (non-hydrogen) atoms. The van der Waals surface area contributed by atoms with Gasteiger partial charge in [0, 0.05) is 54.3 Å². The van der Waals surface area contributed by atoms with Gasteiger partial charge in [-0.2, -0.15) is 13.9 Å². The van der Waals surface area contributed by atoms with Crippen molar-refractivity contribution in [3.8, 4) is 0 Å². The number of hydrogen-bond acceptors (Lipinski definition) is 8. The van der Waals surface area contributed by atoms with Crippen LogP contribution in [0.5, 0.6) is 0 Å². The highest BCUT2D eigenvalue weighted by Gasteiger charge is 2.51. The van der Waals surface area contributed by atoms with Gasteiger partial charge in [0.15, 0.2) is 5.65 Å². The van der Waals surface area contributed by atoms with Crippen LogP contribution in [0.4, 0.5) is 11.1 Å². The summed E-state index contributed by atoms with van der Waals surface area (Å²) in [5.74, 6) is 3.12. The van der Waals surface area contributed by atoms with Crippen LogP contribution in [0.2, 0.25) is 0 Å². The molecule has 5 rings (SSSR count). The van der Waals surface area contributed by atoms with Gasteiger partial charge in [-0.05, 0) is 39.0 Å². The maximum Gasteiger partial charge on any atom is 0.243 e. The van der Waals surface area contributed by atoms with Gasteiger partial charge in [0.2, 0.25) is 11.1 Å². The number of fused-ring (bicyclic) bond motifs is 3. The molecule has 2 aliphatic rings. The molecule has 2 bridgehead atoms. The predicted octanol–water partition coefficient (Wildman–Crippen LogP) is 3.26. The average molecular weight is 413 g/mol. The zero-order chi connectivity index (χ0) is 20.2. The first-order valence-electron chi connectivity index (χ1n) is 10.5. The minimum Gasteiger partial charge on any atom is -0.349 e. The van der Waals surface area contributed by atoms with E-state index in [4.69, 9.17) is 10.1 Å².